The van der Waals surface area contributed by atoms with Crippen molar-refractivity contribution < 1.29 is 4.84 Å². The average Bonchev–Trinajstić information content (AvgIpc) is 2.68. The van der Waals surface area contributed by atoms with Crippen LogP contribution < -0.4 is 15.7 Å². The highest BCUT2D eigenvalue weighted by atomic mass is 16.7. The number of anilines is 1. The quantitative estimate of drug-likeness (QED) is 0.649. The van der Waals surface area contributed by atoms with Crippen molar-refractivity contribution in [3.05, 3.63) is 63.8 Å². The number of rotatable bonds is 7. The molecule has 0 spiro atoms. The van der Waals surface area contributed by atoms with Crippen molar-refractivity contribution in [1.82, 2.24) is 14.7 Å². The van der Waals surface area contributed by atoms with E-state index in [1.807, 2.05) is 19.1 Å². The first-order valence-electron chi connectivity index (χ1n) is 8.87. The third kappa shape index (κ3) is 4.06. The second-order valence-corrected chi connectivity index (χ2v) is 6.20. The molecule has 0 aliphatic heterocycles. The summed E-state index contributed by atoms with van der Waals surface area (Å²) in [6.07, 6.45) is 3.27. The lowest BCUT2D eigenvalue weighted by Crippen LogP contribution is -2.29. The van der Waals surface area contributed by atoms with Crippen LogP contribution in [0.4, 0.5) is 5.69 Å². The van der Waals surface area contributed by atoms with Gasteiger partial charge in [-0.05, 0) is 31.0 Å². The number of fused-ring (bicyclic) bond motifs is 1. The van der Waals surface area contributed by atoms with Crippen LogP contribution in [0, 0.1) is 18.3 Å². The summed E-state index contributed by atoms with van der Waals surface area (Å²) < 4.78 is 1.24. The Labute approximate surface area is 157 Å². The van der Waals surface area contributed by atoms with Crippen LogP contribution in [-0.2, 0) is 6.54 Å². The van der Waals surface area contributed by atoms with E-state index in [0.29, 0.717) is 30.0 Å². The van der Waals surface area contributed by atoms with Crippen molar-refractivity contribution in [3.63, 3.8) is 0 Å². The number of benzene rings is 1. The number of pyridine rings is 1. The summed E-state index contributed by atoms with van der Waals surface area (Å²) in [6.45, 7) is 4.90. The maximum atomic E-state index is 12.6. The Morgan fingerprint density at radius 2 is 2.04 bits per heavy atom. The van der Waals surface area contributed by atoms with Crippen LogP contribution in [0.25, 0.3) is 11.0 Å². The van der Waals surface area contributed by atoms with Gasteiger partial charge in [0.15, 0.2) is 5.65 Å². The maximum Gasteiger partial charge on any atom is 0.287 e. The molecule has 7 heteroatoms. The average molecular weight is 363 g/mol. The van der Waals surface area contributed by atoms with Gasteiger partial charge < -0.3 is 10.2 Å². The van der Waals surface area contributed by atoms with Crippen LogP contribution in [0.3, 0.4) is 0 Å². The fourth-order valence-electron chi connectivity index (χ4n) is 2.75. The highest BCUT2D eigenvalue weighted by Gasteiger charge is 2.14. The fraction of sp³-hybridized carbons (Fsp3) is 0.300. The molecule has 0 saturated carbocycles. The van der Waals surface area contributed by atoms with Crippen LogP contribution in [0.1, 0.15) is 36.6 Å². The molecule has 0 amide bonds. The largest absolute Gasteiger partial charge is 0.409 e. The van der Waals surface area contributed by atoms with E-state index in [4.69, 9.17) is 10.1 Å². The zero-order chi connectivity index (χ0) is 19.2. The fourth-order valence-corrected chi connectivity index (χ4v) is 2.75. The molecule has 138 valence electrons. The molecule has 1 N–H and O–H groups in total. The van der Waals surface area contributed by atoms with E-state index in [9.17, 15) is 4.79 Å². The summed E-state index contributed by atoms with van der Waals surface area (Å²) in [7, 11) is 0. The van der Waals surface area contributed by atoms with Gasteiger partial charge in [0.05, 0.1) is 28.4 Å². The molecule has 0 bridgehead atoms. The highest BCUT2D eigenvalue weighted by molar-refractivity contribution is 5.90. The SMILES string of the molecule is CCCCOn1c(=O)cc(NCc2ccc(C#N)cc2)c2c(C)ncnc21. The number of aromatic nitrogens is 3. The van der Waals surface area contributed by atoms with Crippen molar-refractivity contribution in [1.29, 1.82) is 5.26 Å². The molecule has 1 aromatic carbocycles. The molecule has 0 saturated heterocycles. The van der Waals surface area contributed by atoms with Crippen LogP contribution in [0.15, 0.2) is 41.5 Å². The number of hydrogen-bond acceptors (Lipinski definition) is 6. The Morgan fingerprint density at radius 1 is 1.26 bits per heavy atom. The Bertz CT molecular complexity index is 1040. The first-order chi connectivity index (χ1) is 13.1. The van der Waals surface area contributed by atoms with Crippen LogP contribution in [0.2, 0.25) is 0 Å². The Kier molecular flexibility index (Phi) is 5.67. The van der Waals surface area contributed by atoms with E-state index in [-0.39, 0.29) is 5.56 Å². The van der Waals surface area contributed by atoms with Crippen molar-refractivity contribution in [2.24, 2.45) is 0 Å². The predicted octanol–water partition coefficient (Wildman–Crippen LogP) is 2.81. The maximum absolute atomic E-state index is 12.6. The lowest BCUT2D eigenvalue weighted by molar-refractivity contribution is 0.108. The van der Waals surface area contributed by atoms with Gasteiger partial charge in [-0.3, -0.25) is 4.79 Å². The highest BCUT2D eigenvalue weighted by Crippen LogP contribution is 2.22. The van der Waals surface area contributed by atoms with Crippen molar-refractivity contribution >= 4 is 16.7 Å². The Morgan fingerprint density at radius 3 is 2.74 bits per heavy atom. The van der Waals surface area contributed by atoms with Gasteiger partial charge in [-0.1, -0.05) is 25.5 Å². The second-order valence-electron chi connectivity index (χ2n) is 6.20. The number of unbranched alkanes of at least 4 members (excludes halogenated alkanes) is 1. The first kappa shape index (κ1) is 18.4. The molecule has 0 fully saturated rings. The molecule has 3 aromatic rings. The standard InChI is InChI=1S/C20H21N5O2/c1-3-4-9-27-25-18(26)10-17(19-14(2)23-13-24-20(19)25)22-12-16-7-5-15(11-21)6-8-16/h5-8,10,13,22H,3-4,9,12H2,1-2H3. The van der Waals surface area contributed by atoms with E-state index in [1.54, 1.807) is 12.1 Å². The molecule has 2 aromatic heterocycles. The topological polar surface area (TPSA) is 92.8 Å². The van der Waals surface area contributed by atoms with Gasteiger partial charge in [0.1, 0.15) is 12.9 Å². The molecule has 0 radical (unpaired) electrons. The van der Waals surface area contributed by atoms with Crippen molar-refractivity contribution in [3.8, 4) is 6.07 Å². The molecule has 2 heterocycles. The van der Waals surface area contributed by atoms with Gasteiger partial charge in [-0.25, -0.2) is 9.97 Å². The molecule has 0 unspecified atom stereocenters. The van der Waals surface area contributed by atoms with Gasteiger partial charge >= 0.3 is 0 Å². The molecule has 0 aliphatic rings. The number of hydrogen-bond donors (Lipinski definition) is 1. The number of nitrogens with zero attached hydrogens (tertiary/aromatic N) is 4. The van der Waals surface area contributed by atoms with E-state index in [0.717, 1.165) is 29.5 Å². The first-order valence-corrected chi connectivity index (χ1v) is 8.87. The van der Waals surface area contributed by atoms with Crippen molar-refractivity contribution in [2.45, 2.75) is 33.2 Å². The summed E-state index contributed by atoms with van der Waals surface area (Å²) in [6, 6.07) is 10.9. The van der Waals surface area contributed by atoms with Crippen LogP contribution >= 0.6 is 0 Å². The third-order valence-electron chi connectivity index (χ3n) is 4.23. The van der Waals surface area contributed by atoms with Crippen LogP contribution in [0.5, 0.6) is 0 Å². The zero-order valence-corrected chi connectivity index (χ0v) is 15.4. The minimum Gasteiger partial charge on any atom is -0.409 e. The van der Waals surface area contributed by atoms with E-state index < -0.39 is 0 Å². The number of nitriles is 1. The van der Waals surface area contributed by atoms with Crippen molar-refractivity contribution in [2.75, 3.05) is 11.9 Å². The Balaban J connectivity index is 1.94. The summed E-state index contributed by atoms with van der Waals surface area (Å²) >= 11 is 0. The molecule has 0 aliphatic carbocycles. The lowest BCUT2D eigenvalue weighted by Gasteiger charge is -2.15. The van der Waals surface area contributed by atoms with E-state index >= 15 is 0 Å². The molecular formula is C20H21N5O2. The zero-order valence-electron chi connectivity index (χ0n) is 15.4. The second kappa shape index (κ2) is 8.32. The van der Waals surface area contributed by atoms with Gasteiger partial charge in [0.25, 0.3) is 5.56 Å². The molecule has 0 atom stereocenters. The normalized spacial score (nSPS) is 10.6. The minimum absolute atomic E-state index is 0.279. The van der Waals surface area contributed by atoms with E-state index in [1.165, 1.54) is 17.1 Å². The summed E-state index contributed by atoms with van der Waals surface area (Å²) in [5, 5.41) is 12.9. The number of nitrogens with one attached hydrogen (secondary N) is 1. The van der Waals surface area contributed by atoms with Gasteiger partial charge in [0.2, 0.25) is 0 Å². The van der Waals surface area contributed by atoms with Gasteiger partial charge in [0, 0.05) is 12.6 Å². The molecule has 7 nitrogen and oxygen atoms in total. The number of aryl methyl sites for hydroxylation is 1. The summed E-state index contributed by atoms with van der Waals surface area (Å²) in [5.41, 5.74) is 3.20. The molecule has 27 heavy (non-hydrogen) atoms. The monoisotopic (exact) mass is 363 g/mol. The summed E-state index contributed by atoms with van der Waals surface area (Å²) in [4.78, 5) is 26.7. The Hall–Kier alpha value is -3.40. The van der Waals surface area contributed by atoms with Crippen LogP contribution in [-0.4, -0.2) is 21.3 Å². The predicted molar refractivity (Wildman–Crippen MR) is 103 cm³/mol. The van der Waals surface area contributed by atoms with Gasteiger partial charge in [-0.2, -0.15) is 5.26 Å². The molecule has 3 rings (SSSR count). The van der Waals surface area contributed by atoms with E-state index in [2.05, 4.69) is 28.3 Å². The summed E-state index contributed by atoms with van der Waals surface area (Å²) in [5.74, 6) is 0. The smallest absolute Gasteiger partial charge is 0.287 e. The lowest BCUT2D eigenvalue weighted by atomic mass is 10.1. The minimum atomic E-state index is -0.279. The third-order valence-corrected chi connectivity index (χ3v) is 4.23. The van der Waals surface area contributed by atoms with Gasteiger partial charge in [-0.15, -0.1) is 4.73 Å². The molecular weight excluding hydrogens is 342 g/mol.